The van der Waals surface area contributed by atoms with Gasteiger partial charge in [-0.2, -0.15) is 9.78 Å². The average Bonchev–Trinajstić information content (AvgIpc) is 3.29. The lowest BCUT2D eigenvalue weighted by Crippen LogP contribution is -2.39. The third-order valence-electron chi connectivity index (χ3n) is 5.00. The van der Waals surface area contributed by atoms with Crippen molar-refractivity contribution >= 4 is 17.6 Å². The Labute approximate surface area is 162 Å². The zero-order valence-corrected chi connectivity index (χ0v) is 15.9. The standard InChI is InChI=1S/C20H21ClN4O2/c1-13-17(12-27-24-13)19-11-18(14-7-9-15(21)10-8-14)23-25(19)20(26)22-16-5-3-2-4-6-16/h7-12,16H,2-6H2,1H3,(H,22,26). The molecule has 0 atom stereocenters. The minimum Gasteiger partial charge on any atom is -0.364 e. The summed E-state index contributed by atoms with van der Waals surface area (Å²) in [6.45, 7) is 1.84. The Kier molecular flexibility index (Phi) is 4.99. The first-order valence-corrected chi connectivity index (χ1v) is 9.58. The van der Waals surface area contributed by atoms with Gasteiger partial charge in [0.2, 0.25) is 0 Å². The lowest BCUT2D eigenvalue weighted by molar-refractivity contribution is 0.231. The largest absolute Gasteiger partial charge is 0.364 e. The first-order valence-electron chi connectivity index (χ1n) is 9.20. The Balaban J connectivity index is 1.70. The summed E-state index contributed by atoms with van der Waals surface area (Å²) in [7, 11) is 0. The summed E-state index contributed by atoms with van der Waals surface area (Å²) >= 11 is 5.99. The Hall–Kier alpha value is -2.60. The summed E-state index contributed by atoms with van der Waals surface area (Å²) < 4.78 is 6.49. The molecule has 1 amide bonds. The number of nitrogens with zero attached hydrogens (tertiary/aromatic N) is 3. The van der Waals surface area contributed by atoms with E-state index in [0.717, 1.165) is 36.8 Å². The van der Waals surface area contributed by atoms with Crippen LogP contribution in [0, 0.1) is 6.92 Å². The van der Waals surface area contributed by atoms with E-state index in [2.05, 4.69) is 15.6 Å². The van der Waals surface area contributed by atoms with Crippen LogP contribution in [0.15, 0.2) is 41.1 Å². The van der Waals surface area contributed by atoms with E-state index < -0.39 is 0 Å². The second kappa shape index (κ2) is 7.56. The first kappa shape index (κ1) is 17.8. The molecule has 0 unspecified atom stereocenters. The predicted octanol–water partition coefficient (Wildman–Crippen LogP) is 5.06. The molecule has 2 heterocycles. The van der Waals surface area contributed by atoms with E-state index in [1.807, 2.05) is 37.3 Å². The third-order valence-corrected chi connectivity index (χ3v) is 5.25. The van der Waals surface area contributed by atoms with E-state index in [0.29, 0.717) is 22.1 Å². The van der Waals surface area contributed by atoms with Gasteiger partial charge in [-0.25, -0.2) is 4.79 Å². The highest BCUT2D eigenvalue weighted by molar-refractivity contribution is 6.30. The van der Waals surface area contributed by atoms with E-state index in [-0.39, 0.29) is 12.1 Å². The Morgan fingerprint density at radius 1 is 1.22 bits per heavy atom. The fourth-order valence-corrected chi connectivity index (χ4v) is 3.64. The zero-order chi connectivity index (χ0) is 18.8. The molecule has 4 rings (SSSR count). The van der Waals surface area contributed by atoms with Crippen LogP contribution in [-0.2, 0) is 0 Å². The monoisotopic (exact) mass is 384 g/mol. The van der Waals surface area contributed by atoms with Crippen molar-refractivity contribution in [2.45, 2.75) is 45.1 Å². The first-order chi connectivity index (χ1) is 13.1. The van der Waals surface area contributed by atoms with E-state index in [4.69, 9.17) is 16.1 Å². The fraction of sp³-hybridized carbons (Fsp3) is 0.350. The lowest BCUT2D eigenvalue weighted by Gasteiger charge is -2.22. The maximum Gasteiger partial charge on any atom is 0.342 e. The number of aromatic nitrogens is 3. The summed E-state index contributed by atoms with van der Waals surface area (Å²) in [5, 5.41) is 12.3. The Bertz CT molecular complexity index is 939. The van der Waals surface area contributed by atoms with Gasteiger partial charge in [0.05, 0.1) is 22.6 Å². The van der Waals surface area contributed by atoms with Crippen LogP contribution in [0.25, 0.3) is 22.5 Å². The second-order valence-electron chi connectivity index (χ2n) is 6.93. The van der Waals surface area contributed by atoms with Crippen molar-refractivity contribution in [3.63, 3.8) is 0 Å². The second-order valence-corrected chi connectivity index (χ2v) is 7.37. The van der Waals surface area contributed by atoms with Gasteiger partial charge in [0, 0.05) is 16.6 Å². The van der Waals surface area contributed by atoms with Gasteiger partial charge < -0.3 is 9.84 Å². The van der Waals surface area contributed by atoms with E-state index in [1.165, 1.54) is 11.1 Å². The van der Waals surface area contributed by atoms with Crippen LogP contribution in [0.3, 0.4) is 0 Å². The van der Waals surface area contributed by atoms with Crippen LogP contribution in [0.2, 0.25) is 5.02 Å². The molecule has 140 valence electrons. The molecule has 1 N–H and O–H groups in total. The highest BCUT2D eigenvalue weighted by atomic mass is 35.5. The average molecular weight is 385 g/mol. The fourth-order valence-electron chi connectivity index (χ4n) is 3.51. The molecule has 1 aliphatic carbocycles. The van der Waals surface area contributed by atoms with Gasteiger partial charge in [-0.15, -0.1) is 0 Å². The quantitative estimate of drug-likeness (QED) is 0.685. The Morgan fingerprint density at radius 3 is 2.63 bits per heavy atom. The van der Waals surface area contributed by atoms with E-state index >= 15 is 0 Å². The molecule has 0 saturated heterocycles. The van der Waals surface area contributed by atoms with Gasteiger partial charge in [-0.05, 0) is 38.0 Å². The molecule has 0 aliphatic heterocycles. The van der Waals surface area contributed by atoms with Gasteiger partial charge in [-0.1, -0.05) is 48.2 Å². The van der Waals surface area contributed by atoms with Crippen molar-refractivity contribution < 1.29 is 9.32 Å². The minimum absolute atomic E-state index is 0.200. The van der Waals surface area contributed by atoms with E-state index in [9.17, 15) is 4.79 Å². The zero-order valence-electron chi connectivity index (χ0n) is 15.1. The number of nitrogens with one attached hydrogen (secondary N) is 1. The molecule has 0 radical (unpaired) electrons. The molecule has 0 bridgehead atoms. The molecule has 27 heavy (non-hydrogen) atoms. The van der Waals surface area contributed by atoms with Crippen LogP contribution in [-0.4, -0.2) is 27.0 Å². The van der Waals surface area contributed by atoms with Crippen molar-refractivity contribution in [1.29, 1.82) is 0 Å². The summed E-state index contributed by atoms with van der Waals surface area (Å²) in [5.74, 6) is 0. The van der Waals surface area contributed by atoms with Crippen LogP contribution in [0.5, 0.6) is 0 Å². The molecule has 7 heteroatoms. The van der Waals surface area contributed by atoms with Crippen molar-refractivity contribution in [1.82, 2.24) is 20.3 Å². The molecule has 1 aromatic carbocycles. The van der Waals surface area contributed by atoms with Crippen LogP contribution in [0.1, 0.15) is 37.8 Å². The number of carbonyl (C=O) groups is 1. The van der Waals surface area contributed by atoms with Gasteiger partial charge in [0.25, 0.3) is 0 Å². The van der Waals surface area contributed by atoms with Gasteiger partial charge in [0.15, 0.2) is 0 Å². The van der Waals surface area contributed by atoms with Crippen molar-refractivity contribution in [2.24, 2.45) is 0 Å². The molecule has 1 aliphatic rings. The summed E-state index contributed by atoms with van der Waals surface area (Å²) in [6, 6.07) is 9.24. The van der Waals surface area contributed by atoms with Crippen LogP contribution < -0.4 is 5.32 Å². The summed E-state index contributed by atoms with van der Waals surface area (Å²) in [4.78, 5) is 13.0. The maximum absolute atomic E-state index is 13.0. The van der Waals surface area contributed by atoms with Crippen molar-refractivity contribution in [2.75, 3.05) is 0 Å². The molecule has 1 fully saturated rings. The number of halogens is 1. The number of hydrogen-bond donors (Lipinski definition) is 1. The number of benzene rings is 1. The number of carbonyl (C=O) groups excluding carboxylic acids is 1. The predicted molar refractivity (Wildman–Crippen MR) is 104 cm³/mol. The molecular formula is C20H21ClN4O2. The molecule has 2 aromatic heterocycles. The molecule has 6 nitrogen and oxygen atoms in total. The van der Waals surface area contributed by atoms with Gasteiger partial charge in [0.1, 0.15) is 6.26 Å². The minimum atomic E-state index is -0.224. The normalized spacial score (nSPS) is 15.0. The molecule has 0 spiro atoms. The number of amides is 1. The van der Waals surface area contributed by atoms with E-state index in [1.54, 1.807) is 6.26 Å². The summed E-state index contributed by atoms with van der Waals surface area (Å²) in [6.07, 6.45) is 7.11. The molecule has 1 saturated carbocycles. The highest BCUT2D eigenvalue weighted by Crippen LogP contribution is 2.29. The number of aryl methyl sites for hydroxylation is 1. The topological polar surface area (TPSA) is 73.0 Å². The van der Waals surface area contributed by atoms with Crippen molar-refractivity contribution in [3.8, 4) is 22.5 Å². The van der Waals surface area contributed by atoms with Gasteiger partial charge in [-0.3, -0.25) is 0 Å². The number of rotatable bonds is 3. The Morgan fingerprint density at radius 2 is 1.96 bits per heavy atom. The van der Waals surface area contributed by atoms with Crippen LogP contribution >= 0.6 is 11.6 Å². The SMILES string of the molecule is Cc1nocc1-c1cc(-c2ccc(Cl)cc2)nn1C(=O)NC1CCCCC1. The smallest absolute Gasteiger partial charge is 0.342 e. The van der Waals surface area contributed by atoms with Crippen molar-refractivity contribution in [3.05, 3.63) is 47.3 Å². The molecular weight excluding hydrogens is 364 g/mol. The maximum atomic E-state index is 13.0. The number of hydrogen-bond acceptors (Lipinski definition) is 4. The molecule has 3 aromatic rings. The van der Waals surface area contributed by atoms with Gasteiger partial charge >= 0.3 is 6.03 Å². The highest BCUT2D eigenvalue weighted by Gasteiger charge is 2.22. The lowest BCUT2D eigenvalue weighted by atomic mass is 9.96. The summed E-state index contributed by atoms with van der Waals surface area (Å²) in [5.41, 5.74) is 3.71. The third kappa shape index (κ3) is 3.76. The van der Waals surface area contributed by atoms with Crippen LogP contribution in [0.4, 0.5) is 4.79 Å².